The molecule has 0 aliphatic heterocycles. The monoisotopic (exact) mass is 157 g/mol. The number of rotatable bonds is 3. The van der Waals surface area contributed by atoms with Crippen LogP contribution in [-0.4, -0.2) is 19.1 Å². The summed E-state index contributed by atoms with van der Waals surface area (Å²) in [5.41, 5.74) is 5.08. The van der Waals surface area contributed by atoms with E-state index in [9.17, 15) is 4.79 Å². The molecule has 1 fully saturated rings. The average molecular weight is 157 g/mol. The maximum absolute atomic E-state index is 10.6. The van der Waals surface area contributed by atoms with Gasteiger partial charge < -0.3 is 10.5 Å². The highest BCUT2D eigenvalue weighted by atomic mass is 16.5. The molecule has 3 nitrogen and oxygen atoms in total. The smallest absolute Gasteiger partial charge is 0.319 e. The van der Waals surface area contributed by atoms with Crippen molar-refractivity contribution in [3.05, 3.63) is 0 Å². The molecule has 1 aliphatic carbocycles. The third-order valence-electron chi connectivity index (χ3n) is 2.12. The fraction of sp³-hybridized carbons (Fsp3) is 0.875. The molecule has 1 rings (SSSR count). The highest BCUT2D eigenvalue weighted by Crippen LogP contribution is 2.24. The molecule has 0 heterocycles. The Balaban J connectivity index is 2.06. The van der Waals surface area contributed by atoms with Gasteiger partial charge in [-0.25, -0.2) is 0 Å². The van der Waals surface area contributed by atoms with Crippen LogP contribution in [0.3, 0.4) is 0 Å². The first-order chi connectivity index (χ1) is 5.33. The van der Waals surface area contributed by atoms with Crippen molar-refractivity contribution < 1.29 is 9.53 Å². The fourth-order valence-electron chi connectivity index (χ4n) is 1.45. The number of hydrogen-bond donors (Lipinski definition) is 1. The lowest BCUT2D eigenvalue weighted by molar-refractivity contribution is -0.143. The van der Waals surface area contributed by atoms with Gasteiger partial charge in [-0.2, -0.15) is 0 Å². The quantitative estimate of drug-likeness (QED) is 0.613. The van der Waals surface area contributed by atoms with E-state index in [1.807, 2.05) is 0 Å². The van der Waals surface area contributed by atoms with Gasteiger partial charge in [0.1, 0.15) is 0 Å². The summed E-state index contributed by atoms with van der Waals surface area (Å²) in [6.07, 6.45) is 4.98. The van der Waals surface area contributed by atoms with E-state index in [1.165, 1.54) is 25.7 Å². The van der Waals surface area contributed by atoms with Crippen molar-refractivity contribution >= 4 is 5.97 Å². The van der Waals surface area contributed by atoms with Gasteiger partial charge in [-0.05, 0) is 18.8 Å². The van der Waals surface area contributed by atoms with Gasteiger partial charge in [0.05, 0.1) is 13.2 Å². The van der Waals surface area contributed by atoms with Crippen molar-refractivity contribution in [1.29, 1.82) is 0 Å². The van der Waals surface area contributed by atoms with Crippen LogP contribution < -0.4 is 5.73 Å². The Morgan fingerprint density at radius 2 is 2.09 bits per heavy atom. The molecule has 0 unspecified atom stereocenters. The van der Waals surface area contributed by atoms with Crippen molar-refractivity contribution in [2.45, 2.75) is 25.7 Å². The van der Waals surface area contributed by atoms with Gasteiger partial charge in [0.15, 0.2) is 0 Å². The number of esters is 1. The van der Waals surface area contributed by atoms with Gasteiger partial charge >= 0.3 is 5.97 Å². The van der Waals surface area contributed by atoms with Crippen LogP contribution in [0.25, 0.3) is 0 Å². The third-order valence-corrected chi connectivity index (χ3v) is 2.12. The number of hydrogen-bond acceptors (Lipinski definition) is 3. The molecule has 0 radical (unpaired) electrons. The highest BCUT2D eigenvalue weighted by molar-refractivity contribution is 5.71. The van der Waals surface area contributed by atoms with Gasteiger partial charge in [-0.1, -0.05) is 12.8 Å². The van der Waals surface area contributed by atoms with Crippen LogP contribution in [-0.2, 0) is 9.53 Å². The van der Waals surface area contributed by atoms with Gasteiger partial charge in [0.2, 0.25) is 0 Å². The van der Waals surface area contributed by atoms with Gasteiger partial charge in [0.25, 0.3) is 0 Å². The molecular weight excluding hydrogens is 142 g/mol. The molecule has 64 valence electrons. The Labute approximate surface area is 66.9 Å². The van der Waals surface area contributed by atoms with Crippen LogP contribution in [0.2, 0.25) is 0 Å². The molecule has 1 saturated carbocycles. The normalized spacial score (nSPS) is 18.6. The van der Waals surface area contributed by atoms with E-state index >= 15 is 0 Å². The standard InChI is InChI=1S/C8H15NO2/c9-5-8(10)11-6-7-3-1-2-4-7/h7H,1-6,9H2. The first-order valence-corrected chi connectivity index (χ1v) is 4.18. The Morgan fingerprint density at radius 1 is 1.45 bits per heavy atom. The molecule has 2 N–H and O–H groups in total. The number of nitrogens with two attached hydrogens (primary N) is 1. The predicted molar refractivity (Wildman–Crippen MR) is 42.0 cm³/mol. The van der Waals surface area contributed by atoms with Gasteiger partial charge in [0, 0.05) is 0 Å². The van der Waals surface area contributed by atoms with Crippen molar-refractivity contribution in [2.75, 3.05) is 13.2 Å². The zero-order valence-electron chi connectivity index (χ0n) is 6.71. The van der Waals surface area contributed by atoms with Crippen LogP contribution in [0.1, 0.15) is 25.7 Å². The van der Waals surface area contributed by atoms with E-state index in [-0.39, 0.29) is 12.5 Å². The number of carbonyl (C=O) groups excluding carboxylic acids is 1. The molecule has 11 heavy (non-hydrogen) atoms. The van der Waals surface area contributed by atoms with Crippen LogP contribution in [0, 0.1) is 5.92 Å². The Hall–Kier alpha value is -0.570. The molecule has 0 amide bonds. The van der Waals surface area contributed by atoms with E-state index in [1.54, 1.807) is 0 Å². The first kappa shape index (κ1) is 8.53. The largest absolute Gasteiger partial charge is 0.464 e. The zero-order valence-corrected chi connectivity index (χ0v) is 6.71. The minimum atomic E-state index is -0.281. The van der Waals surface area contributed by atoms with Crippen molar-refractivity contribution in [2.24, 2.45) is 11.7 Å². The molecule has 0 spiro atoms. The van der Waals surface area contributed by atoms with E-state index < -0.39 is 0 Å². The molecule has 0 aromatic carbocycles. The zero-order chi connectivity index (χ0) is 8.10. The minimum absolute atomic E-state index is 0.00667. The van der Waals surface area contributed by atoms with Crippen LogP contribution in [0.15, 0.2) is 0 Å². The van der Waals surface area contributed by atoms with E-state index in [4.69, 9.17) is 10.5 Å². The van der Waals surface area contributed by atoms with Crippen LogP contribution in [0.4, 0.5) is 0 Å². The molecule has 1 aliphatic rings. The van der Waals surface area contributed by atoms with E-state index in [2.05, 4.69) is 0 Å². The summed E-state index contributed by atoms with van der Waals surface area (Å²) in [5.74, 6) is 0.322. The Kier molecular flexibility index (Phi) is 3.36. The minimum Gasteiger partial charge on any atom is -0.464 e. The van der Waals surface area contributed by atoms with E-state index in [0.29, 0.717) is 12.5 Å². The summed E-state index contributed by atoms with van der Waals surface area (Å²) in [4.78, 5) is 10.6. The number of carbonyl (C=O) groups is 1. The SMILES string of the molecule is NCC(=O)OCC1CCCC1. The molecular formula is C8H15NO2. The topological polar surface area (TPSA) is 52.3 Å². The van der Waals surface area contributed by atoms with Crippen molar-refractivity contribution in [3.8, 4) is 0 Å². The Bertz CT molecular complexity index is 130. The molecule has 0 aromatic heterocycles. The third kappa shape index (κ3) is 2.89. The molecule has 0 bridgehead atoms. The maximum Gasteiger partial charge on any atom is 0.319 e. The van der Waals surface area contributed by atoms with Crippen LogP contribution >= 0.6 is 0 Å². The van der Waals surface area contributed by atoms with Crippen LogP contribution in [0.5, 0.6) is 0 Å². The summed E-state index contributed by atoms with van der Waals surface area (Å²) in [6.45, 7) is 0.586. The molecule has 0 saturated heterocycles. The van der Waals surface area contributed by atoms with E-state index in [0.717, 1.165) is 0 Å². The predicted octanol–water partition coefficient (Wildman–Crippen LogP) is 0.678. The second-order valence-corrected chi connectivity index (χ2v) is 3.04. The second-order valence-electron chi connectivity index (χ2n) is 3.04. The lowest BCUT2D eigenvalue weighted by Crippen LogP contribution is -2.19. The Morgan fingerprint density at radius 3 is 2.64 bits per heavy atom. The average Bonchev–Trinajstić information content (AvgIpc) is 2.52. The first-order valence-electron chi connectivity index (χ1n) is 4.18. The number of ether oxygens (including phenoxy) is 1. The lowest BCUT2D eigenvalue weighted by atomic mass is 10.1. The van der Waals surface area contributed by atoms with Gasteiger partial charge in [-0.3, -0.25) is 4.79 Å². The summed E-state index contributed by atoms with van der Waals surface area (Å²) >= 11 is 0. The summed E-state index contributed by atoms with van der Waals surface area (Å²) in [6, 6.07) is 0. The van der Waals surface area contributed by atoms with Crippen molar-refractivity contribution in [1.82, 2.24) is 0 Å². The summed E-state index contributed by atoms with van der Waals surface area (Å²) < 4.78 is 4.91. The molecule has 0 aromatic rings. The summed E-state index contributed by atoms with van der Waals surface area (Å²) in [7, 11) is 0. The fourth-order valence-corrected chi connectivity index (χ4v) is 1.45. The van der Waals surface area contributed by atoms with Gasteiger partial charge in [-0.15, -0.1) is 0 Å². The maximum atomic E-state index is 10.6. The second kappa shape index (κ2) is 4.34. The highest BCUT2D eigenvalue weighted by Gasteiger charge is 2.16. The molecule has 0 atom stereocenters. The van der Waals surface area contributed by atoms with Crippen molar-refractivity contribution in [3.63, 3.8) is 0 Å². The lowest BCUT2D eigenvalue weighted by Gasteiger charge is -2.08. The molecule has 3 heteroatoms. The summed E-state index contributed by atoms with van der Waals surface area (Å²) in [5, 5.41) is 0.